The van der Waals surface area contributed by atoms with Crippen LogP contribution in [0.4, 0.5) is 0 Å². The van der Waals surface area contributed by atoms with Crippen LogP contribution < -0.4 is 0 Å². The molecule has 0 unspecified atom stereocenters. The molecular weight excluding hydrogens is 200 g/mol. The van der Waals surface area contributed by atoms with Gasteiger partial charge < -0.3 is 4.90 Å². The molecule has 0 spiro atoms. The zero-order valence-corrected chi connectivity index (χ0v) is 9.47. The smallest absolute Gasteiger partial charge is 0.253 e. The van der Waals surface area contributed by atoms with Crippen LogP contribution in [0.1, 0.15) is 22.3 Å². The second-order valence-corrected chi connectivity index (χ2v) is 3.59. The van der Waals surface area contributed by atoms with Gasteiger partial charge in [-0.2, -0.15) is 5.26 Å². The lowest BCUT2D eigenvalue weighted by Crippen LogP contribution is -2.21. The van der Waals surface area contributed by atoms with E-state index in [4.69, 9.17) is 5.26 Å². The summed E-state index contributed by atoms with van der Waals surface area (Å²) < 4.78 is 0. The van der Waals surface area contributed by atoms with Gasteiger partial charge >= 0.3 is 0 Å². The van der Waals surface area contributed by atoms with Gasteiger partial charge in [0, 0.05) is 19.7 Å². The SMILES string of the molecule is CN(C)C(=O)c1cccc(C=CCC#N)c1. The van der Waals surface area contributed by atoms with Crippen molar-refractivity contribution in [3.8, 4) is 6.07 Å². The molecule has 1 aromatic carbocycles. The highest BCUT2D eigenvalue weighted by Crippen LogP contribution is 2.09. The predicted octanol–water partition coefficient (Wildman–Crippen LogP) is 2.32. The van der Waals surface area contributed by atoms with Crippen molar-refractivity contribution in [1.29, 1.82) is 5.26 Å². The van der Waals surface area contributed by atoms with Gasteiger partial charge in [-0.05, 0) is 17.7 Å². The molecular formula is C13H14N2O. The van der Waals surface area contributed by atoms with Gasteiger partial charge in [0.05, 0.1) is 12.5 Å². The Morgan fingerprint density at radius 3 is 2.88 bits per heavy atom. The van der Waals surface area contributed by atoms with Gasteiger partial charge in [0.2, 0.25) is 0 Å². The number of rotatable bonds is 3. The molecule has 1 amide bonds. The topological polar surface area (TPSA) is 44.1 Å². The summed E-state index contributed by atoms with van der Waals surface area (Å²) in [5, 5.41) is 8.40. The van der Waals surface area contributed by atoms with E-state index in [0.29, 0.717) is 12.0 Å². The van der Waals surface area contributed by atoms with Crippen molar-refractivity contribution in [1.82, 2.24) is 4.90 Å². The normalized spacial score (nSPS) is 10.1. The van der Waals surface area contributed by atoms with E-state index >= 15 is 0 Å². The standard InChI is InChI=1S/C13H14N2O/c1-15(2)13(16)12-8-5-7-11(10-12)6-3-4-9-14/h3,5-8,10H,4H2,1-2H3. The van der Waals surface area contributed by atoms with E-state index in [0.717, 1.165) is 5.56 Å². The fraction of sp³-hybridized carbons (Fsp3) is 0.231. The average Bonchev–Trinajstić information content (AvgIpc) is 2.29. The van der Waals surface area contributed by atoms with Gasteiger partial charge in [0.25, 0.3) is 5.91 Å². The second-order valence-electron chi connectivity index (χ2n) is 3.59. The van der Waals surface area contributed by atoms with Crippen molar-refractivity contribution in [2.75, 3.05) is 14.1 Å². The van der Waals surface area contributed by atoms with Crippen molar-refractivity contribution >= 4 is 12.0 Å². The van der Waals surface area contributed by atoms with Crippen molar-refractivity contribution in [3.63, 3.8) is 0 Å². The Labute approximate surface area is 95.6 Å². The molecule has 0 N–H and O–H groups in total. The molecule has 0 heterocycles. The zero-order chi connectivity index (χ0) is 12.0. The van der Waals surface area contributed by atoms with Gasteiger partial charge in [-0.3, -0.25) is 4.79 Å². The van der Waals surface area contributed by atoms with Gasteiger partial charge in [-0.25, -0.2) is 0 Å². The fourth-order valence-electron chi connectivity index (χ4n) is 1.28. The Morgan fingerprint density at radius 2 is 2.25 bits per heavy atom. The molecule has 0 saturated carbocycles. The van der Waals surface area contributed by atoms with Gasteiger partial charge in [0.15, 0.2) is 0 Å². The summed E-state index contributed by atoms with van der Waals surface area (Å²) in [5.41, 5.74) is 1.59. The number of nitriles is 1. The molecule has 0 aliphatic rings. The Bertz CT molecular complexity index is 441. The highest BCUT2D eigenvalue weighted by Gasteiger charge is 2.06. The van der Waals surface area contributed by atoms with E-state index in [1.165, 1.54) is 4.90 Å². The van der Waals surface area contributed by atoms with Crippen molar-refractivity contribution in [2.45, 2.75) is 6.42 Å². The van der Waals surface area contributed by atoms with Crippen LogP contribution in [0.15, 0.2) is 30.3 Å². The summed E-state index contributed by atoms with van der Waals surface area (Å²) in [6.45, 7) is 0. The van der Waals surface area contributed by atoms with Crippen LogP contribution >= 0.6 is 0 Å². The summed E-state index contributed by atoms with van der Waals surface area (Å²) >= 11 is 0. The maximum atomic E-state index is 11.7. The van der Waals surface area contributed by atoms with Crippen LogP contribution in [0.25, 0.3) is 6.08 Å². The van der Waals surface area contributed by atoms with Crippen LogP contribution in [0.3, 0.4) is 0 Å². The highest BCUT2D eigenvalue weighted by molar-refractivity contribution is 5.94. The largest absolute Gasteiger partial charge is 0.345 e. The molecule has 3 nitrogen and oxygen atoms in total. The maximum Gasteiger partial charge on any atom is 0.253 e. The molecule has 82 valence electrons. The maximum absolute atomic E-state index is 11.7. The summed E-state index contributed by atoms with van der Waals surface area (Å²) in [6, 6.07) is 9.37. The minimum absolute atomic E-state index is 0.0180. The first kappa shape index (κ1) is 12.0. The Balaban J connectivity index is 2.88. The molecule has 0 saturated heterocycles. The molecule has 0 aliphatic heterocycles. The van der Waals surface area contributed by atoms with Crippen molar-refractivity contribution in [3.05, 3.63) is 41.5 Å². The molecule has 0 aromatic heterocycles. The summed E-state index contributed by atoms with van der Waals surface area (Å²) in [4.78, 5) is 13.2. The van der Waals surface area contributed by atoms with Crippen LogP contribution in [-0.2, 0) is 0 Å². The molecule has 0 radical (unpaired) electrons. The van der Waals surface area contributed by atoms with Gasteiger partial charge in [-0.1, -0.05) is 24.3 Å². The zero-order valence-electron chi connectivity index (χ0n) is 9.47. The molecule has 1 aromatic rings. The van der Waals surface area contributed by atoms with Crippen molar-refractivity contribution < 1.29 is 4.79 Å². The summed E-state index contributed by atoms with van der Waals surface area (Å²) in [7, 11) is 3.45. The Hall–Kier alpha value is -2.08. The Morgan fingerprint density at radius 1 is 1.50 bits per heavy atom. The first-order chi connectivity index (χ1) is 7.65. The predicted molar refractivity (Wildman–Crippen MR) is 63.7 cm³/mol. The molecule has 0 atom stereocenters. The highest BCUT2D eigenvalue weighted by atomic mass is 16.2. The minimum atomic E-state index is -0.0180. The lowest BCUT2D eigenvalue weighted by molar-refractivity contribution is 0.0827. The summed E-state index contributed by atoms with van der Waals surface area (Å²) in [5.74, 6) is -0.0180. The van der Waals surface area contributed by atoms with Crippen LogP contribution in [0, 0.1) is 11.3 Å². The number of carbonyl (C=O) groups excluding carboxylic acids is 1. The first-order valence-corrected chi connectivity index (χ1v) is 5.00. The van der Waals surface area contributed by atoms with E-state index in [1.54, 1.807) is 26.2 Å². The molecule has 3 heteroatoms. The van der Waals surface area contributed by atoms with Crippen LogP contribution in [0.5, 0.6) is 0 Å². The third-order valence-corrected chi connectivity index (χ3v) is 2.06. The van der Waals surface area contributed by atoms with Crippen molar-refractivity contribution in [2.24, 2.45) is 0 Å². The number of hydrogen-bond donors (Lipinski definition) is 0. The molecule has 0 fully saturated rings. The summed E-state index contributed by atoms with van der Waals surface area (Å²) in [6.07, 6.45) is 4.00. The van der Waals surface area contributed by atoms with E-state index < -0.39 is 0 Å². The average molecular weight is 214 g/mol. The number of amides is 1. The Kier molecular flexibility index (Phi) is 4.28. The number of carbonyl (C=O) groups is 1. The van der Waals surface area contributed by atoms with E-state index in [9.17, 15) is 4.79 Å². The minimum Gasteiger partial charge on any atom is -0.345 e. The van der Waals surface area contributed by atoms with E-state index in [-0.39, 0.29) is 5.91 Å². The molecule has 0 bridgehead atoms. The lowest BCUT2D eigenvalue weighted by atomic mass is 10.1. The third-order valence-electron chi connectivity index (χ3n) is 2.06. The second kappa shape index (κ2) is 5.72. The molecule has 0 aliphatic carbocycles. The lowest BCUT2D eigenvalue weighted by Gasteiger charge is -2.10. The number of benzene rings is 1. The number of nitrogens with zero attached hydrogens (tertiary/aromatic N) is 2. The molecule has 1 rings (SSSR count). The third kappa shape index (κ3) is 3.25. The van der Waals surface area contributed by atoms with E-state index in [2.05, 4.69) is 0 Å². The quantitative estimate of drug-likeness (QED) is 0.775. The number of hydrogen-bond acceptors (Lipinski definition) is 2. The van der Waals surface area contributed by atoms with Crippen LogP contribution in [-0.4, -0.2) is 24.9 Å². The van der Waals surface area contributed by atoms with Crippen LogP contribution in [0.2, 0.25) is 0 Å². The fourth-order valence-corrected chi connectivity index (χ4v) is 1.28. The first-order valence-electron chi connectivity index (χ1n) is 5.00. The molecule has 16 heavy (non-hydrogen) atoms. The van der Waals surface area contributed by atoms with E-state index in [1.807, 2.05) is 30.3 Å². The monoisotopic (exact) mass is 214 g/mol. The number of allylic oxidation sites excluding steroid dienone is 1. The van der Waals surface area contributed by atoms with Gasteiger partial charge in [-0.15, -0.1) is 0 Å². The van der Waals surface area contributed by atoms with Gasteiger partial charge in [0.1, 0.15) is 0 Å².